The van der Waals surface area contributed by atoms with Crippen LogP contribution in [0.2, 0.25) is 0 Å². The lowest BCUT2D eigenvalue weighted by atomic mass is 10.0. The molecule has 3 rings (SSSR count). The molecule has 1 atom stereocenters. The highest BCUT2D eigenvalue weighted by Crippen LogP contribution is 2.33. The minimum Gasteiger partial charge on any atom is -0.348 e. The smallest absolute Gasteiger partial charge is 0.186 e. The number of hydrogen-bond donors (Lipinski definition) is 0. The number of rotatable bonds is 3. The topological polar surface area (TPSA) is 33.2 Å². The van der Waals surface area contributed by atoms with E-state index < -0.39 is 0 Å². The fourth-order valence-electron chi connectivity index (χ4n) is 2.79. The molecular weight excluding hydrogens is 280 g/mol. The molecule has 1 aliphatic rings. The maximum atomic E-state index is 11.4. The van der Waals surface area contributed by atoms with E-state index in [2.05, 4.69) is 11.8 Å². The summed E-state index contributed by atoms with van der Waals surface area (Å²) >= 11 is 1.52. The lowest BCUT2D eigenvalue weighted by molar-refractivity contribution is 0.112. The second kappa shape index (κ2) is 6.39. The Balaban J connectivity index is 1.90. The Hall–Kier alpha value is -1.68. The largest absolute Gasteiger partial charge is 0.348 e. The zero-order valence-electron chi connectivity index (χ0n) is 12.3. The number of carbonyl (C=O) groups is 1. The van der Waals surface area contributed by atoms with Gasteiger partial charge in [0.2, 0.25) is 0 Å². The molecule has 0 amide bonds. The Morgan fingerprint density at radius 2 is 2.05 bits per heavy atom. The molecule has 1 aromatic heterocycles. The summed E-state index contributed by atoms with van der Waals surface area (Å²) in [5.41, 5.74) is 1.84. The van der Waals surface area contributed by atoms with Crippen molar-refractivity contribution < 1.29 is 4.79 Å². The van der Waals surface area contributed by atoms with Crippen LogP contribution in [0, 0.1) is 5.92 Å². The van der Waals surface area contributed by atoms with E-state index in [0.29, 0.717) is 0 Å². The van der Waals surface area contributed by atoms with E-state index in [1.807, 2.05) is 30.3 Å². The summed E-state index contributed by atoms with van der Waals surface area (Å²) in [6, 6.07) is 9.97. The van der Waals surface area contributed by atoms with E-state index in [-0.39, 0.29) is 0 Å². The van der Waals surface area contributed by atoms with Gasteiger partial charge in [0.05, 0.1) is 10.6 Å². The first-order chi connectivity index (χ1) is 10.3. The molecule has 3 nitrogen and oxygen atoms in total. The Bertz CT molecular complexity index is 609. The van der Waals surface area contributed by atoms with Crippen LogP contribution < -0.4 is 4.90 Å². The van der Waals surface area contributed by atoms with Crippen LogP contribution in [0.3, 0.4) is 0 Å². The summed E-state index contributed by atoms with van der Waals surface area (Å²) in [4.78, 5) is 19.2. The van der Waals surface area contributed by atoms with Crippen LogP contribution in [0.5, 0.6) is 0 Å². The van der Waals surface area contributed by atoms with Crippen molar-refractivity contribution >= 4 is 22.8 Å². The molecule has 1 unspecified atom stereocenters. The highest BCUT2D eigenvalue weighted by atomic mass is 32.1. The van der Waals surface area contributed by atoms with Crippen LogP contribution in [0.4, 0.5) is 5.13 Å². The van der Waals surface area contributed by atoms with Gasteiger partial charge in [0.25, 0.3) is 0 Å². The van der Waals surface area contributed by atoms with Crippen molar-refractivity contribution in [1.82, 2.24) is 4.98 Å². The second-order valence-electron chi connectivity index (χ2n) is 5.72. The minimum absolute atomic E-state index is 0.730. The van der Waals surface area contributed by atoms with Crippen LogP contribution in [0.25, 0.3) is 11.3 Å². The summed E-state index contributed by atoms with van der Waals surface area (Å²) < 4.78 is 0. The number of anilines is 1. The molecule has 0 saturated carbocycles. The van der Waals surface area contributed by atoms with Crippen LogP contribution in [0.1, 0.15) is 35.9 Å². The van der Waals surface area contributed by atoms with Gasteiger partial charge in [-0.1, -0.05) is 48.6 Å². The highest BCUT2D eigenvalue weighted by Gasteiger charge is 2.19. The van der Waals surface area contributed by atoms with Gasteiger partial charge < -0.3 is 4.90 Å². The molecular formula is C17H20N2OS. The number of nitrogens with zero attached hydrogens (tertiary/aromatic N) is 2. The molecule has 1 fully saturated rings. The van der Waals surface area contributed by atoms with Crippen LogP contribution >= 0.6 is 11.3 Å². The van der Waals surface area contributed by atoms with Gasteiger partial charge in [-0.2, -0.15) is 0 Å². The zero-order chi connectivity index (χ0) is 14.7. The fraction of sp³-hybridized carbons (Fsp3) is 0.412. The molecule has 1 aromatic carbocycles. The van der Waals surface area contributed by atoms with Crippen LogP contribution in [0.15, 0.2) is 30.3 Å². The third-order valence-corrected chi connectivity index (χ3v) is 5.13. The summed E-state index contributed by atoms with van der Waals surface area (Å²) in [6.45, 7) is 4.41. The molecule has 0 aliphatic carbocycles. The normalized spacial score (nSPS) is 19.3. The van der Waals surface area contributed by atoms with Crippen LogP contribution in [-0.4, -0.2) is 24.4 Å². The van der Waals surface area contributed by atoms with Gasteiger partial charge in [0.15, 0.2) is 11.4 Å². The molecule has 0 radical (unpaired) electrons. The van der Waals surface area contributed by atoms with E-state index in [9.17, 15) is 4.79 Å². The third-order valence-electron chi connectivity index (χ3n) is 4.08. The molecule has 0 spiro atoms. The fourth-order valence-corrected chi connectivity index (χ4v) is 3.75. The summed E-state index contributed by atoms with van der Waals surface area (Å²) in [7, 11) is 0. The van der Waals surface area contributed by atoms with Gasteiger partial charge in [-0.15, -0.1) is 0 Å². The predicted octanol–water partition coefficient (Wildman–Crippen LogP) is 4.25. The molecule has 2 heterocycles. The van der Waals surface area contributed by atoms with Gasteiger partial charge >= 0.3 is 0 Å². The maximum Gasteiger partial charge on any atom is 0.186 e. The molecule has 0 N–H and O–H groups in total. The highest BCUT2D eigenvalue weighted by molar-refractivity contribution is 7.17. The first kappa shape index (κ1) is 14.3. The Morgan fingerprint density at radius 1 is 1.24 bits per heavy atom. The Morgan fingerprint density at radius 3 is 2.81 bits per heavy atom. The van der Waals surface area contributed by atoms with E-state index in [1.165, 1.54) is 30.6 Å². The Kier molecular flexibility index (Phi) is 4.34. The number of benzene rings is 1. The number of aromatic nitrogens is 1. The van der Waals surface area contributed by atoms with Gasteiger partial charge in [-0.3, -0.25) is 4.79 Å². The molecule has 1 saturated heterocycles. The monoisotopic (exact) mass is 300 g/mol. The zero-order valence-corrected chi connectivity index (χ0v) is 13.1. The maximum absolute atomic E-state index is 11.4. The third kappa shape index (κ3) is 3.16. The first-order valence-corrected chi connectivity index (χ1v) is 8.36. The molecule has 0 bridgehead atoms. The lowest BCUT2D eigenvalue weighted by Crippen LogP contribution is -2.23. The summed E-state index contributed by atoms with van der Waals surface area (Å²) in [5.74, 6) is 0.786. The molecule has 1 aliphatic heterocycles. The average molecular weight is 300 g/mol. The van der Waals surface area contributed by atoms with Crippen molar-refractivity contribution in [3.8, 4) is 11.3 Å². The van der Waals surface area contributed by atoms with E-state index in [1.54, 1.807) is 0 Å². The van der Waals surface area contributed by atoms with Crippen molar-refractivity contribution in [2.45, 2.75) is 26.2 Å². The number of aldehydes is 1. The summed E-state index contributed by atoms with van der Waals surface area (Å²) in [6.07, 6.45) is 4.63. The van der Waals surface area contributed by atoms with E-state index in [4.69, 9.17) is 4.98 Å². The molecule has 110 valence electrons. The number of thiazole rings is 1. The molecule has 2 aromatic rings. The SMILES string of the molecule is CC1CCCN(c2nc(-c3ccccc3)c(C=O)s2)CC1. The van der Waals surface area contributed by atoms with Crippen molar-refractivity contribution in [2.75, 3.05) is 18.0 Å². The van der Waals surface area contributed by atoms with Crippen molar-refractivity contribution in [1.29, 1.82) is 0 Å². The molecule has 4 heteroatoms. The van der Waals surface area contributed by atoms with Gasteiger partial charge in [0.1, 0.15) is 0 Å². The lowest BCUT2D eigenvalue weighted by Gasteiger charge is -2.18. The van der Waals surface area contributed by atoms with Gasteiger partial charge in [-0.25, -0.2) is 4.98 Å². The quantitative estimate of drug-likeness (QED) is 0.795. The number of hydrogen-bond acceptors (Lipinski definition) is 4. The Labute approximate surface area is 129 Å². The van der Waals surface area contributed by atoms with Crippen LogP contribution in [-0.2, 0) is 0 Å². The predicted molar refractivity (Wildman–Crippen MR) is 88.2 cm³/mol. The van der Waals surface area contributed by atoms with E-state index in [0.717, 1.165) is 46.6 Å². The van der Waals surface area contributed by atoms with Gasteiger partial charge in [0, 0.05) is 18.7 Å². The standard InChI is InChI=1S/C17H20N2OS/c1-13-6-5-10-19(11-9-13)17-18-16(15(12-20)21-17)14-7-3-2-4-8-14/h2-4,7-8,12-13H,5-6,9-11H2,1H3. The van der Waals surface area contributed by atoms with Gasteiger partial charge in [-0.05, 0) is 25.2 Å². The summed E-state index contributed by atoms with van der Waals surface area (Å²) in [5, 5.41) is 0.991. The average Bonchev–Trinajstić information content (AvgIpc) is 2.84. The van der Waals surface area contributed by atoms with Crippen molar-refractivity contribution in [2.24, 2.45) is 5.92 Å². The van der Waals surface area contributed by atoms with Crippen molar-refractivity contribution in [3.05, 3.63) is 35.2 Å². The van der Waals surface area contributed by atoms with E-state index >= 15 is 0 Å². The second-order valence-corrected chi connectivity index (χ2v) is 6.73. The number of carbonyl (C=O) groups excluding carboxylic acids is 1. The molecule has 21 heavy (non-hydrogen) atoms. The minimum atomic E-state index is 0.730. The van der Waals surface area contributed by atoms with Crippen molar-refractivity contribution in [3.63, 3.8) is 0 Å². The first-order valence-electron chi connectivity index (χ1n) is 7.54.